The fourth-order valence-electron chi connectivity index (χ4n) is 12.6. The fourth-order valence-corrected chi connectivity index (χ4v) is 12.6. The standard InChI is InChI=1S/C79H96N10O27/c1-5-51-45-89(75(99)56-47-87-46-53(14-16-62(87)83-56)82-74(98)61-42-52-10-6-7-12-58(52)113-61)57-43-60(54-11-8-9-49(2)68(54)69(51)57)115-79(103)86(22-19-63(90)80-21-26-105-29-30-107-33-34-109-37-38-111-40-39-110-36-35-108-32-31-106-28-27-104-4)25-24-85(3)78(102)112-48-50-13-15-59(114-77-72(97)70(95)71(96)73(116-77)76(100)101)55(41-50)84-65(92)44-81-64(91)20-23-88-66(93)17-18-67(88)94/h6-18,41-43,46-47,51,70-73,77,95-97H,5,19-40,44-45,48H2,1-4H3,(H,80,90)(H,81,91)(H,82,98)(H,84,92)(H,100,101)/t51-,70+,71+,72-,73+,77-/m1/s1. The summed E-state index contributed by atoms with van der Waals surface area (Å²) in [5.74, 6) is -6.17. The predicted molar refractivity (Wildman–Crippen MR) is 412 cm³/mol. The van der Waals surface area contributed by atoms with E-state index in [0.717, 1.165) is 43.9 Å². The highest BCUT2D eigenvalue weighted by molar-refractivity contribution is 6.13. The summed E-state index contributed by atoms with van der Waals surface area (Å²) >= 11 is 0. The van der Waals surface area contributed by atoms with Crippen molar-refractivity contribution in [3.8, 4) is 11.5 Å². The Kier molecular flexibility index (Phi) is 32.8. The van der Waals surface area contributed by atoms with Gasteiger partial charge in [-0.15, -0.1) is 0 Å². The Morgan fingerprint density at radius 3 is 1.97 bits per heavy atom. The predicted octanol–water partition coefficient (Wildman–Crippen LogP) is 3.93. The summed E-state index contributed by atoms with van der Waals surface area (Å²) in [4.78, 5) is 142. The second-order valence-electron chi connectivity index (χ2n) is 26.9. The average molecular weight is 1620 g/mol. The van der Waals surface area contributed by atoms with Gasteiger partial charge in [-0.3, -0.25) is 38.5 Å². The van der Waals surface area contributed by atoms with Crippen LogP contribution in [0.2, 0.25) is 0 Å². The zero-order valence-corrected chi connectivity index (χ0v) is 64.6. The number of imidazole rings is 1. The van der Waals surface area contributed by atoms with E-state index in [1.807, 2.05) is 38.1 Å². The number of carbonyl (C=O) groups is 10. The van der Waals surface area contributed by atoms with Gasteiger partial charge in [-0.25, -0.2) is 19.4 Å². The van der Waals surface area contributed by atoms with Crippen molar-refractivity contribution >= 4 is 104 Å². The molecule has 6 heterocycles. The summed E-state index contributed by atoms with van der Waals surface area (Å²) < 4.78 is 74.1. The number of aliphatic hydroxyl groups excluding tert-OH is 3. The number of anilines is 3. The van der Waals surface area contributed by atoms with Gasteiger partial charge in [-0.1, -0.05) is 49.4 Å². The summed E-state index contributed by atoms with van der Waals surface area (Å²) in [7, 11) is 3.00. The molecule has 0 bridgehead atoms. The van der Waals surface area contributed by atoms with Crippen LogP contribution in [-0.2, 0) is 82.7 Å². The van der Waals surface area contributed by atoms with Gasteiger partial charge in [0.1, 0.15) is 53.3 Å². The molecule has 0 unspecified atom stereocenters. The maximum atomic E-state index is 14.9. The Bertz CT molecular complexity index is 4560. The summed E-state index contributed by atoms with van der Waals surface area (Å²) in [5.41, 5.74) is 3.61. The number of nitrogens with zero attached hydrogens (tertiary/aromatic N) is 6. The van der Waals surface area contributed by atoms with E-state index in [0.29, 0.717) is 114 Å². The number of imide groups is 1. The van der Waals surface area contributed by atoms with E-state index in [1.165, 1.54) is 30.1 Å². The highest BCUT2D eigenvalue weighted by Gasteiger charge is 2.48. The van der Waals surface area contributed by atoms with Gasteiger partial charge >= 0.3 is 18.2 Å². The number of hydrogen-bond acceptors (Lipinski definition) is 27. The van der Waals surface area contributed by atoms with E-state index in [1.54, 1.807) is 71.3 Å². The summed E-state index contributed by atoms with van der Waals surface area (Å²) in [6.07, 6.45) is -6.69. The second kappa shape index (κ2) is 43.6. The van der Waals surface area contributed by atoms with Crippen LogP contribution in [0.25, 0.3) is 27.4 Å². The lowest BCUT2D eigenvalue weighted by molar-refractivity contribution is -0.271. The topological polar surface area (TPSA) is 454 Å². The van der Waals surface area contributed by atoms with E-state index in [2.05, 4.69) is 26.3 Å². The summed E-state index contributed by atoms with van der Waals surface area (Å²) in [6.45, 7) is 7.86. The number of furan rings is 1. The number of benzene rings is 4. The number of amides is 9. The molecule has 37 heteroatoms. The van der Waals surface area contributed by atoms with Crippen molar-refractivity contribution in [3.05, 3.63) is 138 Å². The van der Waals surface area contributed by atoms with Crippen LogP contribution in [-0.4, -0.2) is 294 Å². The van der Waals surface area contributed by atoms with Gasteiger partial charge in [0.25, 0.3) is 23.6 Å². The second-order valence-corrected chi connectivity index (χ2v) is 26.9. The van der Waals surface area contributed by atoms with Gasteiger partial charge in [-0.05, 0) is 71.8 Å². The van der Waals surface area contributed by atoms with Crippen LogP contribution in [0.15, 0.2) is 114 Å². The molecule has 3 aliphatic rings. The first-order valence-electron chi connectivity index (χ1n) is 37.7. The van der Waals surface area contributed by atoms with Gasteiger partial charge in [-0.2, -0.15) is 0 Å². The lowest BCUT2D eigenvalue weighted by Crippen LogP contribution is -2.61. The van der Waals surface area contributed by atoms with Crippen molar-refractivity contribution in [2.75, 3.05) is 175 Å². The van der Waals surface area contributed by atoms with Gasteiger partial charge in [0.05, 0.1) is 123 Å². The monoisotopic (exact) mass is 1620 g/mol. The molecule has 4 aromatic carbocycles. The number of aryl methyl sites for hydroxylation is 1. The molecule has 116 heavy (non-hydrogen) atoms. The minimum absolute atomic E-state index is 0.0824. The number of aromatic nitrogens is 2. The number of methoxy groups -OCH3 is 1. The SMILES string of the molecule is CC[C@@H]1CN(C(=O)c2cn3cc(NC(=O)c4cc5ccccc5o4)ccc3n2)c2cc(OC(=O)N(CCC(=O)NCCOCCOCCOCCOCCOCCOCCOCCOC)CCN(C)C(=O)OCc3ccc(O[C@@H]4O[C@H](C(=O)O)[C@@H](O)[C@H](O)[C@H]4O)c(NC(=O)CNC(=O)CCN4C(=O)C=CC4=O)c3)c3cccc(C)c3c21. The van der Waals surface area contributed by atoms with Crippen molar-refractivity contribution in [3.63, 3.8) is 0 Å². The molecule has 37 nitrogen and oxygen atoms in total. The van der Waals surface area contributed by atoms with Gasteiger partial charge < -0.3 is 122 Å². The number of pyridine rings is 1. The molecular weight excluding hydrogens is 1520 g/mol. The van der Waals surface area contributed by atoms with Crippen LogP contribution in [0.4, 0.5) is 26.7 Å². The molecule has 9 amide bonds. The summed E-state index contributed by atoms with van der Waals surface area (Å²) in [5, 5.41) is 53.9. The molecule has 0 radical (unpaired) electrons. The van der Waals surface area contributed by atoms with E-state index in [9.17, 15) is 68.4 Å². The first-order valence-corrected chi connectivity index (χ1v) is 37.7. The Labute approximate surface area is 665 Å². The van der Waals surface area contributed by atoms with Crippen molar-refractivity contribution in [1.82, 2.24) is 34.7 Å². The Morgan fingerprint density at radius 2 is 1.31 bits per heavy atom. The van der Waals surface area contributed by atoms with Gasteiger partial charge in [0, 0.05) is 114 Å². The molecule has 3 aromatic heterocycles. The minimum atomic E-state index is -2.07. The Hall–Kier alpha value is -11.1. The maximum absolute atomic E-state index is 14.9. The number of para-hydroxylation sites is 1. The van der Waals surface area contributed by atoms with Crippen molar-refractivity contribution < 1.29 is 130 Å². The zero-order valence-electron chi connectivity index (χ0n) is 64.6. The molecule has 624 valence electrons. The molecule has 1 saturated heterocycles. The molecule has 0 aliphatic carbocycles. The number of ether oxygens (including phenoxy) is 12. The highest BCUT2D eigenvalue weighted by atomic mass is 16.7. The number of aliphatic hydroxyl groups is 3. The largest absolute Gasteiger partial charge is 0.479 e. The number of fused-ring (bicyclic) bond motifs is 5. The molecule has 6 atom stereocenters. The van der Waals surface area contributed by atoms with E-state index in [4.69, 9.17) is 61.3 Å². The van der Waals surface area contributed by atoms with Crippen molar-refractivity contribution in [1.29, 1.82) is 0 Å². The quantitative estimate of drug-likeness (QED) is 0.0198. The third-order valence-corrected chi connectivity index (χ3v) is 18.7. The molecule has 7 aromatic rings. The van der Waals surface area contributed by atoms with Gasteiger partial charge in [0.15, 0.2) is 11.9 Å². The number of carboxylic acids is 1. The number of aliphatic carboxylic acids is 1. The Balaban J connectivity index is 0.774. The Morgan fingerprint density at radius 1 is 0.655 bits per heavy atom. The van der Waals surface area contributed by atoms with E-state index >= 15 is 0 Å². The molecule has 10 rings (SSSR count). The lowest BCUT2D eigenvalue weighted by Gasteiger charge is -2.38. The number of carboxylic acid groups (broad SMARTS) is 1. The van der Waals surface area contributed by atoms with E-state index < -0.39 is 103 Å². The molecule has 1 fully saturated rings. The zero-order chi connectivity index (χ0) is 82.6. The minimum Gasteiger partial charge on any atom is -0.479 e. The van der Waals surface area contributed by atoms with Crippen molar-refractivity contribution in [2.45, 2.75) is 76.3 Å². The third kappa shape index (κ3) is 24.3. The van der Waals surface area contributed by atoms with Crippen LogP contribution in [0, 0.1) is 6.92 Å². The molecule has 3 aliphatic heterocycles. The smallest absolute Gasteiger partial charge is 0.415 e. The highest BCUT2D eigenvalue weighted by Crippen LogP contribution is 2.48. The van der Waals surface area contributed by atoms with E-state index in [-0.39, 0.29) is 112 Å². The lowest BCUT2D eigenvalue weighted by atomic mass is 9.90. The number of hydrogen-bond donors (Lipinski definition) is 8. The summed E-state index contributed by atoms with van der Waals surface area (Å²) in [6, 6.07) is 23.2. The van der Waals surface area contributed by atoms with Crippen LogP contribution < -0.4 is 35.6 Å². The molecule has 0 spiro atoms. The number of likely N-dealkylation sites (N-methyl/N-ethyl adjacent to an activating group) is 1. The van der Waals surface area contributed by atoms with Crippen LogP contribution >= 0.6 is 0 Å². The van der Waals surface area contributed by atoms with Crippen LogP contribution in [0.3, 0.4) is 0 Å². The number of nitrogens with one attached hydrogen (secondary N) is 4. The average Bonchev–Trinajstić information content (AvgIpc) is 1.50. The first-order chi connectivity index (χ1) is 56.1. The van der Waals surface area contributed by atoms with Gasteiger partial charge in [0.2, 0.25) is 24.0 Å². The first kappa shape index (κ1) is 87.3. The number of rotatable bonds is 46. The molecule has 0 saturated carbocycles. The molecule has 8 N–H and O–H groups in total. The normalized spacial score (nSPS) is 17.1. The third-order valence-electron chi connectivity index (χ3n) is 18.7. The number of carbonyl (C=O) groups excluding carboxylic acids is 9. The van der Waals surface area contributed by atoms with Crippen LogP contribution in [0.5, 0.6) is 11.5 Å². The van der Waals surface area contributed by atoms with Crippen LogP contribution in [0.1, 0.15) is 69.8 Å². The molecular formula is C79H96N10O27. The maximum Gasteiger partial charge on any atom is 0.415 e. The fraction of sp³-hybridized carbons (Fsp3) is 0.456. The van der Waals surface area contributed by atoms with Crippen molar-refractivity contribution in [2.24, 2.45) is 0 Å².